The fourth-order valence-electron chi connectivity index (χ4n) is 0.875. The van der Waals surface area contributed by atoms with Crippen molar-refractivity contribution in [2.24, 2.45) is 0 Å². The first-order valence-corrected chi connectivity index (χ1v) is 4.50. The molecule has 0 spiro atoms. The van der Waals surface area contributed by atoms with Gasteiger partial charge in [0.15, 0.2) is 0 Å². The smallest absolute Gasteiger partial charge is 0.218 e. The first-order chi connectivity index (χ1) is 6.38. The average Bonchev–Trinajstić information content (AvgIpc) is 2.90. The number of epoxide rings is 1. The summed E-state index contributed by atoms with van der Waals surface area (Å²) >= 11 is 0. The molecule has 0 aliphatic carbocycles. The number of hydrogen-bond acceptors (Lipinski definition) is 5. The molecule has 1 heterocycles. The Bertz CT molecular complexity index is 130. The predicted octanol–water partition coefficient (Wildman–Crippen LogP) is 0.0784. The summed E-state index contributed by atoms with van der Waals surface area (Å²) in [6, 6.07) is 0. The molecule has 13 heavy (non-hydrogen) atoms. The maximum atomic E-state index is 8.37. The van der Waals surface area contributed by atoms with Crippen molar-refractivity contribution in [1.82, 2.24) is 0 Å². The van der Waals surface area contributed by atoms with Gasteiger partial charge in [0, 0.05) is 0 Å². The highest BCUT2D eigenvalue weighted by Gasteiger charge is 2.39. The highest BCUT2D eigenvalue weighted by Crippen LogP contribution is 2.25. The van der Waals surface area contributed by atoms with Crippen molar-refractivity contribution in [3.05, 3.63) is 0 Å². The summed E-state index contributed by atoms with van der Waals surface area (Å²) in [6.45, 7) is 3.17. The molecular formula is C8H16O5. The molecule has 1 aliphatic heterocycles. The van der Waals surface area contributed by atoms with Crippen molar-refractivity contribution in [2.45, 2.75) is 25.7 Å². The summed E-state index contributed by atoms with van der Waals surface area (Å²) in [6.07, 6.45) is 0.941. The second kappa shape index (κ2) is 6.28. The summed E-state index contributed by atoms with van der Waals surface area (Å²) in [5, 5.41) is 8.37. The Labute approximate surface area is 77.5 Å². The Morgan fingerprint density at radius 3 is 2.77 bits per heavy atom. The second-order valence-corrected chi connectivity index (χ2v) is 2.71. The van der Waals surface area contributed by atoms with Gasteiger partial charge >= 0.3 is 0 Å². The molecule has 5 nitrogen and oxygen atoms in total. The van der Waals surface area contributed by atoms with Crippen LogP contribution in [0.5, 0.6) is 0 Å². The third kappa shape index (κ3) is 4.54. The van der Waals surface area contributed by atoms with E-state index in [0.717, 1.165) is 6.42 Å². The number of ether oxygens (including phenoxy) is 2. The lowest BCUT2D eigenvalue weighted by molar-refractivity contribution is -0.324. The molecule has 1 N–H and O–H groups in total. The molecule has 0 bridgehead atoms. The molecule has 0 saturated carbocycles. The summed E-state index contributed by atoms with van der Waals surface area (Å²) in [4.78, 5) is 9.68. The number of rotatable bonds is 8. The average molecular weight is 192 g/mol. The quantitative estimate of drug-likeness (QED) is 0.255. The van der Waals surface area contributed by atoms with Crippen molar-refractivity contribution >= 4 is 0 Å². The molecule has 0 aromatic rings. The van der Waals surface area contributed by atoms with Crippen LogP contribution in [-0.4, -0.2) is 43.9 Å². The normalized spacial score (nSPS) is 26.3. The standard InChI is InChI=1S/C8H16O5/c1-2-7-8(12-7)13-11-6-5-10-4-3-9/h7-9H,2-6H2,1H3. The molecule has 0 radical (unpaired) electrons. The van der Waals surface area contributed by atoms with Crippen LogP contribution in [0.25, 0.3) is 0 Å². The molecule has 2 atom stereocenters. The van der Waals surface area contributed by atoms with E-state index in [4.69, 9.17) is 24.4 Å². The van der Waals surface area contributed by atoms with Crippen LogP contribution in [0.2, 0.25) is 0 Å². The van der Waals surface area contributed by atoms with E-state index in [1.165, 1.54) is 0 Å². The third-order valence-corrected chi connectivity index (χ3v) is 1.65. The zero-order chi connectivity index (χ0) is 9.52. The Kier molecular flexibility index (Phi) is 5.26. The summed E-state index contributed by atoms with van der Waals surface area (Å²) < 4.78 is 10.0. The lowest BCUT2D eigenvalue weighted by Crippen LogP contribution is -2.09. The molecule has 1 fully saturated rings. The molecular weight excluding hydrogens is 176 g/mol. The maximum Gasteiger partial charge on any atom is 0.218 e. The fourth-order valence-corrected chi connectivity index (χ4v) is 0.875. The molecule has 5 heteroatoms. The molecule has 0 amide bonds. The Morgan fingerprint density at radius 2 is 2.15 bits per heavy atom. The molecule has 1 saturated heterocycles. The summed E-state index contributed by atoms with van der Waals surface area (Å²) in [7, 11) is 0. The van der Waals surface area contributed by atoms with Crippen molar-refractivity contribution < 1.29 is 24.4 Å². The van der Waals surface area contributed by atoms with E-state index in [1.807, 2.05) is 6.92 Å². The van der Waals surface area contributed by atoms with Gasteiger partial charge in [-0.25, -0.2) is 9.78 Å². The van der Waals surface area contributed by atoms with Crippen LogP contribution in [0, 0.1) is 0 Å². The van der Waals surface area contributed by atoms with Gasteiger partial charge < -0.3 is 14.6 Å². The predicted molar refractivity (Wildman–Crippen MR) is 43.9 cm³/mol. The molecule has 0 aromatic carbocycles. The van der Waals surface area contributed by atoms with Gasteiger partial charge in [0.2, 0.25) is 6.29 Å². The van der Waals surface area contributed by atoms with Gasteiger partial charge in [-0.2, -0.15) is 0 Å². The van der Waals surface area contributed by atoms with E-state index < -0.39 is 0 Å². The first kappa shape index (κ1) is 10.9. The Balaban J connectivity index is 1.75. The molecule has 0 aromatic heterocycles. The van der Waals surface area contributed by atoms with E-state index in [0.29, 0.717) is 19.8 Å². The minimum atomic E-state index is -0.192. The van der Waals surface area contributed by atoms with Gasteiger partial charge in [-0.05, 0) is 6.42 Å². The van der Waals surface area contributed by atoms with Crippen LogP contribution in [-0.2, 0) is 19.2 Å². The van der Waals surface area contributed by atoms with Crippen LogP contribution in [0.1, 0.15) is 13.3 Å². The number of aliphatic hydroxyl groups is 1. The summed E-state index contributed by atoms with van der Waals surface area (Å²) in [5.41, 5.74) is 0. The zero-order valence-electron chi connectivity index (χ0n) is 7.77. The van der Waals surface area contributed by atoms with E-state index in [2.05, 4.69) is 0 Å². The van der Waals surface area contributed by atoms with Gasteiger partial charge in [-0.3, -0.25) is 0 Å². The molecule has 2 unspecified atom stereocenters. The highest BCUT2D eigenvalue weighted by atomic mass is 17.2. The van der Waals surface area contributed by atoms with Crippen LogP contribution < -0.4 is 0 Å². The Morgan fingerprint density at radius 1 is 1.31 bits per heavy atom. The first-order valence-electron chi connectivity index (χ1n) is 4.50. The van der Waals surface area contributed by atoms with Crippen LogP contribution >= 0.6 is 0 Å². The molecule has 1 rings (SSSR count). The van der Waals surface area contributed by atoms with Gasteiger partial charge in [0.25, 0.3) is 0 Å². The van der Waals surface area contributed by atoms with Gasteiger partial charge in [0.05, 0.1) is 19.8 Å². The van der Waals surface area contributed by atoms with Crippen LogP contribution in [0.4, 0.5) is 0 Å². The monoisotopic (exact) mass is 192 g/mol. The lowest BCUT2D eigenvalue weighted by atomic mass is 10.4. The van der Waals surface area contributed by atoms with Crippen molar-refractivity contribution in [3.63, 3.8) is 0 Å². The lowest BCUT2D eigenvalue weighted by Gasteiger charge is -2.01. The maximum absolute atomic E-state index is 8.37. The minimum absolute atomic E-state index is 0.0322. The van der Waals surface area contributed by atoms with Crippen LogP contribution in [0.15, 0.2) is 0 Å². The van der Waals surface area contributed by atoms with E-state index >= 15 is 0 Å². The largest absolute Gasteiger partial charge is 0.394 e. The van der Waals surface area contributed by atoms with E-state index in [1.54, 1.807) is 0 Å². The topological polar surface area (TPSA) is 60.5 Å². The highest BCUT2D eigenvalue weighted by molar-refractivity contribution is 4.72. The second-order valence-electron chi connectivity index (χ2n) is 2.71. The van der Waals surface area contributed by atoms with Crippen molar-refractivity contribution in [2.75, 3.05) is 26.4 Å². The van der Waals surface area contributed by atoms with Gasteiger partial charge in [-0.1, -0.05) is 6.92 Å². The van der Waals surface area contributed by atoms with Crippen molar-refractivity contribution in [3.8, 4) is 0 Å². The molecule has 78 valence electrons. The van der Waals surface area contributed by atoms with Crippen LogP contribution in [0.3, 0.4) is 0 Å². The fraction of sp³-hybridized carbons (Fsp3) is 1.00. The van der Waals surface area contributed by atoms with E-state index in [-0.39, 0.29) is 19.0 Å². The van der Waals surface area contributed by atoms with Gasteiger partial charge in [0.1, 0.15) is 12.7 Å². The summed E-state index contributed by atoms with van der Waals surface area (Å²) in [5.74, 6) is 0. The van der Waals surface area contributed by atoms with E-state index in [9.17, 15) is 0 Å². The number of hydrogen-bond donors (Lipinski definition) is 1. The van der Waals surface area contributed by atoms with Crippen molar-refractivity contribution in [1.29, 1.82) is 0 Å². The zero-order valence-corrected chi connectivity index (χ0v) is 7.77. The SMILES string of the molecule is CCC1OC1OOCCOCCO. The minimum Gasteiger partial charge on any atom is -0.394 e. The van der Waals surface area contributed by atoms with Gasteiger partial charge in [-0.15, -0.1) is 0 Å². The molecule has 1 aliphatic rings. The Hall–Kier alpha value is -0.200. The number of aliphatic hydroxyl groups excluding tert-OH is 1. The third-order valence-electron chi connectivity index (χ3n) is 1.65.